The van der Waals surface area contributed by atoms with Crippen LogP contribution >= 0.6 is 23.2 Å². The van der Waals surface area contributed by atoms with Gasteiger partial charge in [0.25, 0.3) is 0 Å². The summed E-state index contributed by atoms with van der Waals surface area (Å²) in [5.74, 6) is 0.534. The standard InChI is InChI=1S/C15H13Cl2NO2/c16-11-5-7-12(8-6-11)20-10-9-15(19)18-14-4-2-1-3-13(14)17/h1-8H,9-10H2,(H,18,19). The van der Waals surface area contributed by atoms with Crippen LogP contribution in [0, 0.1) is 0 Å². The largest absolute Gasteiger partial charge is 0.493 e. The van der Waals surface area contributed by atoms with Gasteiger partial charge in [-0.2, -0.15) is 0 Å². The fraction of sp³-hybridized carbons (Fsp3) is 0.133. The molecule has 2 aromatic carbocycles. The predicted molar refractivity (Wildman–Crippen MR) is 81.6 cm³/mol. The van der Waals surface area contributed by atoms with E-state index in [9.17, 15) is 4.79 Å². The Labute approximate surface area is 127 Å². The van der Waals surface area contributed by atoms with Crippen LogP contribution in [0.2, 0.25) is 10.0 Å². The fourth-order valence-corrected chi connectivity index (χ4v) is 1.88. The van der Waals surface area contributed by atoms with Gasteiger partial charge in [0, 0.05) is 5.02 Å². The van der Waals surface area contributed by atoms with Gasteiger partial charge in [0.1, 0.15) is 5.75 Å². The van der Waals surface area contributed by atoms with Crippen molar-refractivity contribution in [2.75, 3.05) is 11.9 Å². The first-order valence-corrected chi connectivity index (χ1v) is 6.83. The zero-order chi connectivity index (χ0) is 14.4. The Morgan fingerprint density at radius 1 is 1.05 bits per heavy atom. The summed E-state index contributed by atoms with van der Waals surface area (Å²) in [6.45, 7) is 0.290. The van der Waals surface area contributed by atoms with Crippen LogP contribution < -0.4 is 10.1 Å². The van der Waals surface area contributed by atoms with E-state index in [2.05, 4.69) is 5.32 Å². The van der Waals surface area contributed by atoms with Gasteiger partial charge in [0.15, 0.2) is 0 Å². The lowest BCUT2D eigenvalue weighted by Crippen LogP contribution is -2.15. The van der Waals surface area contributed by atoms with Crippen molar-refractivity contribution in [3.8, 4) is 5.75 Å². The van der Waals surface area contributed by atoms with E-state index in [4.69, 9.17) is 27.9 Å². The summed E-state index contributed by atoms with van der Waals surface area (Å²) in [5, 5.41) is 3.89. The monoisotopic (exact) mass is 309 g/mol. The van der Waals surface area contributed by atoms with E-state index in [1.165, 1.54) is 0 Å². The molecule has 5 heteroatoms. The Morgan fingerprint density at radius 2 is 1.75 bits per heavy atom. The van der Waals surface area contributed by atoms with Crippen molar-refractivity contribution in [3.63, 3.8) is 0 Å². The van der Waals surface area contributed by atoms with Gasteiger partial charge < -0.3 is 10.1 Å². The van der Waals surface area contributed by atoms with Gasteiger partial charge >= 0.3 is 0 Å². The molecule has 0 bridgehead atoms. The molecule has 1 N–H and O–H groups in total. The highest BCUT2D eigenvalue weighted by molar-refractivity contribution is 6.33. The van der Waals surface area contributed by atoms with Gasteiger partial charge in [-0.3, -0.25) is 4.79 Å². The second-order valence-electron chi connectivity index (χ2n) is 4.08. The van der Waals surface area contributed by atoms with E-state index >= 15 is 0 Å². The van der Waals surface area contributed by atoms with Crippen LogP contribution in [0.15, 0.2) is 48.5 Å². The van der Waals surface area contributed by atoms with Crippen molar-refractivity contribution in [3.05, 3.63) is 58.6 Å². The first-order chi connectivity index (χ1) is 9.65. The SMILES string of the molecule is O=C(CCOc1ccc(Cl)cc1)Nc1ccccc1Cl. The molecular formula is C15H13Cl2NO2. The first kappa shape index (κ1) is 14.7. The number of halogens is 2. The van der Waals surface area contributed by atoms with E-state index in [-0.39, 0.29) is 18.9 Å². The minimum atomic E-state index is -0.146. The lowest BCUT2D eigenvalue weighted by molar-refractivity contribution is -0.116. The molecule has 0 saturated heterocycles. The maximum Gasteiger partial charge on any atom is 0.227 e. The molecule has 2 aromatic rings. The van der Waals surface area contributed by atoms with Crippen molar-refractivity contribution < 1.29 is 9.53 Å². The molecule has 0 spiro atoms. The number of carbonyl (C=O) groups excluding carboxylic acids is 1. The average molecular weight is 310 g/mol. The number of ether oxygens (including phenoxy) is 1. The number of anilines is 1. The van der Waals surface area contributed by atoms with Crippen molar-refractivity contribution in [2.24, 2.45) is 0 Å². The Morgan fingerprint density at radius 3 is 2.45 bits per heavy atom. The van der Waals surface area contributed by atoms with Gasteiger partial charge in [-0.1, -0.05) is 35.3 Å². The van der Waals surface area contributed by atoms with E-state index < -0.39 is 0 Å². The average Bonchev–Trinajstić information content (AvgIpc) is 2.44. The van der Waals surface area contributed by atoms with Gasteiger partial charge in [-0.25, -0.2) is 0 Å². The number of para-hydroxylation sites is 1. The smallest absolute Gasteiger partial charge is 0.227 e. The number of nitrogens with one attached hydrogen (secondary N) is 1. The van der Waals surface area contributed by atoms with E-state index in [0.717, 1.165) is 0 Å². The topological polar surface area (TPSA) is 38.3 Å². The minimum absolute atomic E-state index is 0.146. The molecule has 0 unspecified atom stereocenters. The molecule has 20 heavy (non-hydrogen) atoms. The highest BCUT2D eigenvalue weighted by Gasteiger charge is 2.05. The van der Waals surface area contributed by atoms with E-state index in [0.29, 0.717) is 21.5 Å². The number of carbonyl (C=O) groups is 1. The van der Waals surface area contributed by atoms with Crippen LogP contribution in [-0.2, 0) is 4.79 Å². The van der Waals surface area contributed by atoms with Gasteiger partial charge in [0.2, 0.25) is 5.91 Å². The number of hydrogen-bond acceptors (Lipinski definition) is 2. The summed E-state index contributed by atoms with van der Waals surface area (Å²) < 4.78 is 5.45. The molecule has 0 radical (unpaired) electrons. The molecule has 2 rings (SSSR count). The normalized spacial score (nSPS) is 10.1. The molecule has 3 nitrogen and oxygen atoms in total. The molecule has 0 aromatic heterocycles. The van der Waals surface area contributed by atoms with Gasteiger partial charge in [0.05, 0.1) is 23.7 Å². The van der Waals surface area contributed by atoms with Crippen LogP contribution in [0.1, 0.15) is 6.42 Å². The molecule has 0 atom stereocenters. The van der Waals surface area contributed by atoms with Crippen LogP contribution in [0.3, 0.4) is 0 Å². The van der Waals surface area contributed by atoms with Crippen LogP contribution in [-0.4, -0.2) is 12.5 Å². The Kier molecular flexibility index (Phi) is 5.27. The number of amides is 1. The number of benzene rings is 2. The summed E-state index contributed by atoms with van der Waals surface area (Å²) >= 11 is 11.7. The summed E-state index contributed by atoms with van der Waals surface area (Å²) in [6, 6.07) is 14.1. The summed E-state index contributed by atoms with van der Waals surface area (Å²) in [7, 11) is 0. The second-order valence-corrected chi connectivity index (χ2v) is 4.92. The Balaban J connectivity index is 1.78. The second kappa shape index (κ2) is 7.17. The minimum Gasteiger partial charge on any atom is -0.493 e. The molecule has 1 amide bonds. The molecule has 0 saturated carbocycles. The molecule has 0 aliphatic carbocycles. The highest BCUT2D eigenvalue weighted by Crippen LogP contribution is 2.20. The maximum absolute atomic E-state index is 11.7. The van der Waals surface area contributed by atoms with E-state index in [1.54, 1.807) is 36.4 Å². The molecule has 104 valence electrons. The maximum atomic E-state index is 11.7. The van der Waals surface area contributed by atoms with Crippen molar-refractivity contribution >= 4 is 34.8 Å². The van der Waals surface area contributed by atoms with Gasteiger partial charge in [-0.05, 0) is 36.4 Å². The number of hydrogen-bond donors (Lipinski definition) is 1. The number of rotatable bonds is 5. The highest BCUT2D eigenvalue weighted by atomic mass is 35.5. The van der Waals surface area contributed by atoms with Crippen molar-refractivity contribution in [2.45, 2.75) is 6.42 Å². The summed E-state index contributed by atoms with van der Waals surface area (Å²) in [5.41, 5.74) is 0.602. The Bertz CT molecular complexity index is 585. The third kappa shape index (κ3) is 4.44. The molecule has 0 heterocycles. The molecular weight excluding hydrogens is 297 g/mol. The summed E-state index contributed by atoms with van der Waals surface area (Å²) in [6.07, 6.45) is 0.244. The first-order valence-electron chi connectivity index (χ1n) is 6.08. The lowest BCUT2D eigenvalue weighted by atomic mass is 10.3. The van der Waals surface area contributed by atoms with Crippen LogP contribution in [0.5, 0.6) is 5.75 Å². The third-order valence-electron chi connectivity index (χ3n) is 2.56. The Hall–Kier alpha value is -1.71. The van der Waals surface area contributed by atoms with E-state index in [1.807, 2.05) is 12.1 Å². The zero-order valence-corrected chi connectivity index (χ0v) is 12.1. The molecule has 0 aliphatic heterocycles. The van der Waals surface area contributed by atoms with Crippen LogP contribution in [0.4, 0.5) is 5.69 Å². The van der Waals surface area contributed by atoms with Crippen molar-refractivity contribution in [1.82, 2.24) is 0 Å². The lowest BCUT2D eigenvalue weighted by Gasteiger charge is -2.08. The zero-order valence-electron chi connectivity index (χ0n) is 10.6. The fourth-order valence-electron chi connectivity index (χ4n) is 1.57. The summed E-state index contributed by atoms with van der Waals surface area (Å²) in [4.78, 5) is 11.7. The predicted octanol–water partition coefficient (Wildman–Crippen LogP) is 4.40. The van der Waals surface area contributed by atoms with Crippen molar-refractivity contribution in [1.29, 1.82) is 0 Å². The van der Waals surface area contributed by atoms with Gasteiger partial charge in [-0.15, -0.1) is 0 Å². The molecule has 0 fully saturated rings. The third-order valence-corrected chi connectivity index (χ3v) is 3.14. The quantitative estimate of drug-likeness (QED) is 0.889. The molecule has 0 aliphatic rings. The van der Waals surface area contributed by atoms with Crippen LogP contribution in [0.25, 0.3) is 0 Å².